The summed E-state index contributed by atoms with van der Waals surface area (Å²) < 4.78 is 4.91. The van der Waals surface area contributed by atoms with E-state index in [2.05, 4.69) is 29.4 Å². The second-order valence-corrected chi connectivity index (χ2v) is 4.03. The van der Waals surface area contributed by atoms with Gasteiger partial charge in [-0.3, -0.25) is 0 Å². The van der Waals surface area contributed by atoms with E-state index in [0.29, 0.717) is 12.5 Å². The summed E-state index contributed by atoms with van der Waals surface area (Å²) in [5.74, 6) is 0.454. The number of rotatable bonds is 5. The molecule has 74 valence electrons. The molecule has 4 nitrogen and oxygen atoms in total. The number of ether oxygens (including phenoxy) is 1. The van der Waals surface area contributed by atoms with Crippen LogP contribution < -0.4 is 5.32 Å². The van der Waals surface area contributed by atoms with Gasteiger partial charge in [0.1, 0.15) is 5.01 Å². The molecule has 1 rings (SSSR count). The number of hydrogen-bond acceptors (Lipinski definition) is 5. The molecule has 0 bridgehead atoms. The molecule has 0 aliphatic heterocycles. The van der Waals surface area contributed by atoms with E-state index in [4.69, 9.17) is 4.74 Å². The quantitative estimate of drug-likeness (QED) is 0.737. The highest BCUT2D eigenvalue weighted by Crippen LogP contribution is 2.21. The average Bonchev–Trinajstić information content (AvgIpc) is 2.53. The lowest BCUT2D eigenvalue weighted by Crippen LogP contribution is -2.06. The minimum absolute atomic E-state index is 0.454. The van der Waals surface area contributed by atoms with Gasteiger partial charge in [-0.15, -0.1) is 10.2 Å². The van der Waals surface area contributed by atoms with Crippen LogP contribution in [0.2, 0.25) is 0 Å². The van der Waals surface area contributed by atoms with Crippen LogP contribution in [0.1, 0.15) is 24.8 Å². The zero-order valence-electron chi connectivity index (χ0n) is 8.20. The van der Waals surface area contributed by atoms with Gasteiger partial charge in [-0.25, -0.2) is 0 Å². The molecule has 0 saturated carbocycles. The molecule has 5 heteroatoms. The molecule has 1 heterocycles. The molecule has 0 atom stereocenters. The molecule has 0 unspecified atom stereocenters. The molecule has 0 fully saturated rings. The summed E-state index contributed by atoms with van der Waals surface area (Å²) >= 11 is 1.60. The maximum Gasteiger partial charge on any atom is 0.205 e. The summed E-state index contributed by atoms with van der Waals surface area (Å²) in [6.07, 6.45) is 0. The first kappa shape index (κ1) is 10.4. The third-order valence-electron chi connectivity index (χ3n) is 1.52. The van der Waals surface area contributed by atoms with E-state index in [1.807, 2.05) is 0 Å². The molecule has 0 aromatic carbocycles. The molecule has 0 aliphatic carbocycles. The molecule has 0 radical (unpaired) electrons. The topological polar surface area (TPSA) is 47.0 Å². The summed E-state index contributed by atoms with van der Waals surface area (Å²) in [6, 6.07) is 0. The van der Waals surface area contributed by atoms with Crippen molar-refractivity contribution in [1.29, 1.82) is 0 Å². The van der Waals surface area contributed by atoms with Gasteiger partial charge in [-0.1, -0.05) is 25.2 Å². The predicted molar refractivity (Wildman–Crippen MR) is 54.4 cm³/mol. The van der Waals surface area contributed by atoms with Gasteiger partial charge >= 0.3 is 0 Å². The van der Waals surface area contributed by atoms with Crippen LogP contribution in [-0.4, -0.2) is 30.5 Å². The van der Waals surface area contributed by atoms with E-state index in [1.54, 1.807) is 18.4 Å². The Morgan fingerprint density at radius 3 is 2.77 bits per heavy atom. The fourth-order valence-corrected chi connectivity index (χ4v) is 1.57. The van der Waals surface area contributed by atoms with Crippen molar-refractivity contribution >= 4 is 16.5 Å². The third kappa shape index (κ3) is 3.28. The maximum absolute atomic E-state index is 4.91. The van der Waals surface area contributed by atoms with Crippen LogP contribution in [0.15, 0.2) is 0 Å². The molecule has 0 spiro atoms. The van der Waals surface area contributed by atoms with Gasteiger partial charge in [0.05, 0.1) is 6.61 Å². The number of anilines is 1. The van der Waals surface area contributed by atoms with Crippen molar-refractivity contribution in [3.63, 3.8) is 0 Å². The van der Waals surface area contributed by atoms with Crippen LogP contribution in [0.25, 0.3) is 0 Å². The molecule has 1 N–H and O–H groups in total. The van der Waals surface area contributed by atoms with Crippen molar-refractivity contribution in [3.05, 3.63) is 5.01 Å². The van der Waals surface area contributed by atoms with Crippen LogP contribution in [0.3, 0.4) is 0 Å². The van der Waals surface area contributed by atoms with Gasteiger partial charge in [-0.05, 0) is 0 Å². The number of nitrogens with zero attached hydrogens (tertiary/aromatic N) is 2. The lowest BCUT2D eigenvalue weighted by molar-refractivity contribution is 0.211. The van der Waals surface area contributed by atoms with Crippen LogP contribution in [0.4, 0.5) is 5.13 Å². The van der Waals surface area contributed by atoms with Gasteiger partial charge in [-0.2, -0.15) is 0 Å². The van der Waals surface area contributed by atoms with Crippen molar-refractivity contribution in [2.75, 3.05) is 25.6 Å². The summed E-state index contributed by atoms with van der Waals surface area (Å²) in [6.45, 7) is 5.69. The Labute approximate surface area is 82.3 Å². The second-order valence-electron chi connectivity index (χ2n) is 3.02. The molecule has 13 heavy (non-hydrogen) atoms. The summed E-state index contributed by atoms with van der Waals surface area (Å²) in [4.78, 5) is 0. The SMILES string of the molecule is COCCNc1nnc(C(C)C)s1. The lowest BCUT2D eigenvalue weighted by Gasteiger charge is -1.99. The van der Waals surface area contributed by atoms with E-state index in [1.165, 1.54) is 0 Å². The Hall–Kier alpha value is -0.680. The number of nitrogens with one attached hydrogen (secondary N) is 1. The van der Waals surface area contributed by atoms with Crippen molar-refractivity contribution in [1.82, 2.24) is 10.2 Å². The fourth-order valence-electron chi connectivity index (χ4n) is 0.799. The largest absolute Gasteiger partial charge is 0.383 e. The highest BCUT2D eigenvalue weighted by Gasteiger charge is 2.06. The molecule has 0 saturated heterocycles. The first-order chi connectivity index (χ1) is 6.24. The first-order valence-electron chi connectivity index (χ1n) is 4.30. The van der Waals surface area contributed by atoms with E-state index in [0.717, 1.165) is 16.7 Å². The standard InChI is InChI=1S/C8H15N3OS/c1-6(2)7-10-11-8(13-7)9-4-5-12-3/h6H,4-5H2,1-3H3,(H,9,11). The molecule has 0 aliphatic rings. The van der Waals surface area contributed by atoms with Crippen LogP contribution >= 0.6 is 11.3 Å². The minimum Gasteiger partial charge on any atom is -0.383 e. The van der Waals surface area contributed by atoms with Crippen molar-refractivity contribution in [2.45, 2.75) is 19.8 Å². The van der Waals surface area contributed by atoms with Gasteiger partial charge in [0.25, 0.3) is 0 Å². The van der Waals surface area contributed by atoms with Gasteiger partial charge in [0.15, 0.2) is 0 Å². The van der Waals surface area contributed by atoms with Gasteiger partial charge in [0, 0.05) is 19.6 Å². The van der Waals surface area contributed by atoms with E-state index >= 15 is 0 Å². The normalized spacial score (nSPS) is 10.8. The Kier molecular flexibility index (Phi) is 4.11. The van der Waals surface area contributed by atoms with Gasteiger partial charge < -0.3 is 10.1 Å². The summed E-state index contributed by atoms with van der Waals surface area (Å²) in [5.41, 5.74) is 0. The first-order valence-corrected chi connectivity index (χ1v) is 5.12. The minimum atomic E-state index is 0.454. The third-order valence-corrected chi connectivity index (χ3v) is 2.70. The van der Waals surface area contributed by atoms with E-state index < -0.39 is 0 Å². The molecular weight excluding hydrogens is 186 g/mol. The van der Waals surface area contributed by atoms with Gasteiger partial charge in [0.2, 0.25) is 5.13 Å². The Morgan fingerprint density at radius 1 is 1.46 bits per heavy atom. The van der Waals surface area contributed by atoms with Crippen LogP contribution in [-0.2, 0) is 4.74 Å². The van der Waals surface area contributed by atoms with E-state index in [9.17, 15) is 0 Å². The molecule has 1 aromatic rings. The zero-order chi connectivity index (χ0) is 9.68. The number of aromatic nitrogens is 2. The Bertz CT molecular complexity index is 249. The molecular formula is C8H15N3OS. The number of hydrogen-bond donors (Lipinski definition) is 1. The predicted octanol–water partition coefficient (Wildman–Crippen LogP) is 1.72. The number of methoxy groups -OCH3 is 1. The average molecular weight is 201 g/mol. The highest BCUT2D eigenvalue weighted by molar-refractivity contribution is 7.15. The summed E-state index contributed by atoms with van der Waals surface area (Å²) in [5, 5.41) is 13.2. The highest BCUT2D eigenvalue weighted by atomic mass is 32.1. The molecule has 1 aromatic heterocycles. The van der Waals surface area contributed by atoms with Crippen LogP contribution in [0.5, 0.6) is 0 Å². The lowest BCUT2D eigenvalue weighted by atomic mass is 10.2. The van der Waals surface area contributed by atoms with Crippen molar-refractivity contribution < 1.29 is 4.74 Å². The summed E-state index contributed by atoms with van der Waals surface area (Å²) in [7, 11) is 1.68. The monoisotopic (exact) mass is 201 g/mol. The van der Waals surface area contributed by atoms with Crippen LogP contribution in [0, 0.1) is 0 Å². The van der Waals surface area contributed by atoms with Crippen molar-refractivity contribution in [2.24, 2.45) is 0 Å². The fraction of sp³-hybridized carbons (Fsp3) is 0.750. The Morgan fingerprint density at radius 2 is 2.23 bits per heavy atom. The molecule has 0 amide bonds. The zero-order valence-corrected chi connectivity index (χ0v) is 9.02. The maximum atomic E-state index is 4.91. The smallest absolute Gasteiger partial charge is 0.205 e. The van der Waals surface area contributed by atoms with Crippen molar-refractivity contribution in [3.8, 4) is 0 Å². The second kappa shape index (κ2) is 5.14. The Balaban J connectivity index is 2.40. The van der Waals surface area contributed by atoms with E-state index in [-0.39, 0.29) is 0 Å².